The van der Waals surface area contributed by atoms with Crippen molar-refractivity contribution in [3.63, 3.8) is 0 Å². The molecule has 2 rings (SSSR count). The quantitative estimate of drug-likeness (QED) is 0.848. The zero-order valence-corrected chi connectivity index (χ0v) is 11.6. The summed E-state index contributed by atoms with van der Waals surface area (Å²) in [7, 11) is 2.02. The van der Waals surface area contributed by atoms with Crippen molar-refractivity contribution in [1.82, 2.24) is 14.9 Å². The van der Waals surface area contributed by atoms with Gasteiger partial charge in [0.05, 0.1) is 11.0 Å². The largest absolute Gasteiger partial charge is 0.328 e. The highest BCUT2D eigenvalue weighted by molar-refractivity contribution is 5.75. The van der Waals surface area contributed by atoms with Gasteiger partial charge in [-0.05, 0) is 38.9 Å². The summed E-state index contributed by atoms with van der Waals surface area (Å²) in [4.78, 5) is 4.75. The second-order valence-electron chi connectivity index (χ2n) is 4.90. The number of aromatic nitrogens is 2. The summed E-state index contributed by atoms with van der Waals surface area (Å²) in [6.45, 7) is 5.47. The Labute approximate surface area is 109 Å². The van der Waals surface area contributed by atoms with Crippen molar-refractivity contribution in [2.45, 2.75) is 45.7 Å². The van der Waals surface area contributed by atoms with E-state index in [1.54, 1.807) is 0 Å². The van der Waals surface area contributed by atoms with Gasteiger partial charge in [-0.1, -0.05) is 19.1 Å². The molecule has 98 valence electrons. The Bertz CT molecular complexity index is 501. The zero-order valence-electron chi connectivity index (χ0n) is 11.6. The van der Waals surface area contributed by atoms with Gasteiger partial charge in [0.15, 0.2) is 0 Å². The molecule has 3 nitrogen and oxygen atoms in total. The molecule has 0 aliphatic rings. The highest BCUT2D eigenvalue weighted by atomic mass is 15.1. The molecule has 0 amide bonds. The van der Waals surface area contributed by atoms with E-state index < -0.39 is 0 Å². The molecule has 1 aromatic heterocycles. The predicted molar refractivity (Wildman–Crippen MR) is 76.9 cm³/mol. The van der Waals surface area contributed by atoms with E-state index >= 15 is 0 Å². The van der Waals surface area contributed by atoms with Crippen molar-refractivity contribution in [2.75, 3.05) is 7.05 Å². The Kier molecular flexibility index (Phi) is 4.37. The van der Waals surface area contributed by atoms with E-state index in [4.69, 9.17) is 4.98 Å². The fourth-order valence-electron chi connectivity index (χ4n) is 2.26. The van der Waals surface area contributed by atoms with Crippen LogP contribution in [0.2, 0.25) is 0 Å². The van der Waals surface area contributed by atoms with E-state index in [1.165, 1.54) is 11.3 Å². The molecular weight excluding hydrogens is 222 g/mol. The minimum atomic E-state index is 0.542. The smallest absolute Gasteiger partial charge is 0.109 e. The molecule has 2 aromatic rings. The molecule has 1 N–H and O–H groups in total. The van der Waals surface area contributed by atoms with Crippen LogP contribution in [0, 0.1) is 0 Å². The molecule has 0 fully saturated rings. The topological polar surface area (TPSA) is 29.9 Å². The standard InChI is InChI=1S/C15H23N3/c1-4-7-15-17-13-8-5-6-9-14(13)18(15)11-10-12(2)16-3/h5-6,8-9,12,16H,4,7,10-11H2,1-3H3. The number of hydrogen-bond donors (Lipinski definition) is 1. The van der Waals surface area contributed by atoms with Gasteiger partial charge < -0.3 is 9.88 Å². The third kappa shape index (κ3) is 2.72. The van der Waals surface area contributed by atoms with Crippen LogP contribution in [0.15, 0.2) is 24.3 Å². The van der Waals surface area contributed by atoms with Crippen LogP contribution in [0.1, 0.15) is 32.5 Å². The fourth-order valence-corrected chi connectivity index (χ4v) is 2.26. The lowest BCUT2D eigenvalue weighted by Gasteiger charge is -2.13. The molecule has 0 bridgehead atoms. The molecule has 0 spiro atoms. The molecule has 1 heterocycles. The van der Waals surface area contributed by atoms with Crippen molar-refractivity contribution in [3.8, 4) is 0 Å². The van der Waals surface area contributed by atoms with Crippen molar-refractivity contribution < 1.29 is 0 Å². The van der Waals surface area contributed by atoms with Crippen LogP contribution in [-0.2, 0) is 13.0 Å². The van der Waals surface area contributed by atoms with E-state index in [0.717, 1.165) is 31.3 Å². The summed E-state index contributed by atoms with van der Waals surface area (Å²) in [6.07, 6.45) is 3.33. The first-order valence-corrected chi connectivity index (χ1v) is 6.87. The first kappa shape index (κ1) is 13.1. The van der Waals surface area contributed by atoms with Gasteiger partial charge in [-0.25, -0.2) is 4.98 Å². The second-order valence-corrected chi connectivity index (χ2v) is 4.90. The molecule has 18 heavy (non-hydrogen) atoms. The molecule has 1 unspecified atom stereocenters. The third-order valence-corrected chi connectivity index (χ3v) is 3.49. The van der Waals surface area contributed by atoms with E-state index in [2.05, 4.69) is 48.0 Å². The van der Waals surface area contributed by atoms with Crippen LogP contribution in [0.4, 0.5) is 0 Å². The highest BCUT2D eigenvalue weighted by Gasteiger charge is 2.10. The van der Waals surface area contributed by atoms with Crippen molar-refractivity contribution >= 4 is 11.0 Å². The lowest BCUT2D eigenvalue weighted by molar-refractivity contribution is 0.506. The second kappa shape index (κ2) is 6.01. The minimum absolute atomic E-state index is 0.542. The first-order valence-electron chi connectivity index (χ1n) is 6.87. The number of fused-ring (bicyclic) bond motifs is 1. The van der Waals surface area contributed by atoms with Crippen molar-refractivity contribution in [3.05, 3.63) is 30.1 Å². The van der Waals surface area contributed by atoms with Gasteiger partial charge >= 0.3 is 0 Å². The van der Waals surface area contributed by atoms with Gasteiger partial charge in [-0.2, -0.15) is 0 Å². The maximum atomic E-state index is 4.75. The predicted octanol–water partition coefficient (Wildman–Crippen LogP) is 2.99. The molecule has 1 atom stereocenters. The van der Waals surface area contributed by atoms with E-state index in [1.807, 2.05) is 7.05 Å². The van der Waals surface area contributed by atoms with E-state index in [-0.39, 0.29) is 0 Å². The molecule has 1 aromatic carbocycles. The van der Waals surface area contributed by atoms with Gasteiger partial charge in [-0.15, -0.1) is 0 Å². The van der Waals surface area contributed by atoms with Gasteiger partial charge in [0.25, 0.3) is 0 Å². The van der Waals surface area contributed by atoms with Crippen LogP contribution in [0.5, 0.6) is 0 Å². The number of benzene rings is 1. The number of rotatable bonds is 6. The Hall–Kier alpha value is -1.35. The SMILES string of the molecule is CCCc1nc2ccccc2n1CCC(C)NC. The van der Waals surface area contributed by atoms with Gasteiger partial charge in [0.1, 0.15) is 5.82 Å². The first-order chi connectivity index (χ1) is 8.76. The minimum Gasteiger partial charge on any atom is -0.328 e. The Morgan fingerprint density at radius 2 is 2.11 bits per heavy atom. The summed E-state index contributed by atoms with van der Waals surface area (Å²) in [5.74, 6) is 1.22. The van der Waals surface area contributed by atoms with Crippen LogP contribution in [0.25, 0.3) is 11.0 Å². The molecule has 0 saturated carbocycles. The maximum Gasteiger partial charge on any atom is 0.109 e. The summed E-state index contributed by atoms with van der Waals surface area (Å²) in [6, 6.07) is 8.97. The Morgan fingerprint density at radius 3 is 2.83 bits per heavy atom. The average molecular weight is 245 g/mol. The Morgan fingerprint density at radius 1 is 1.33 bits per heavy atom. The summed E-state index contributed by atoms with van der Waals surface area (Å²) in [5, 5.41) is 3.29. The molecule has 0 radical (unpaired) electrons. The van der Waals surface area contributed by atoms with Crippen molar-refractivity contribution in [1.29, 1.82) is 0 Å². The number of para-hydroxylation sites is 2. The number of nitrogens with zero attached hydrogens (tertiary/aromatic N) is 2. The van der Waals surface area contributed by atoms with Crippen LogP contribution >= 0.6 is 0 Å². The number of hydrogen-bond acceptors (Lipinski definition) is 2. The number of aryl methyl sites for hydroxylation is 2. The molecular formula is C15H23N3. The molecule has 0 aliphatic heterocycles. The molecule has 0 saturated heterocycles. The van der Waals surface area contributed by atoms with Gasteiger partial charge in [0.2, 0.25) is 0 Å². The summed E-state index contributed by atoms with van der Waals surface area (Å²) >= 11 is 0. The maximum absolute atomic E-state index is 4.75. The van der Waals surface area contributed by atoms with E-state index in [0.29, 0.717) is 6.04 Å². The van der Waals surface area contributed by atoms with Crippen LogP contribution < -0.4 is 5.32 Å². The van der Waals surface area contributed by atoms with Crippen LogP contribution in [0.3, 0.4) is 0 Å². The normalized spacial score (nSPS) is 13.1. The number of nitrogens with one attached hydrogen (secondary N) is 1. The lowest BCUT2D eigenvalue weighted by atomic mass is 10.2. The fraction of sp³-hybridized carbons (Fsp3) is 0.533. The summed E-state index contributed by atoms with van der Waals surface area (Å²) < 4.78 is 2.38. The highest BCUT2D eigenvalue weighted by Crippen LogP contribution is 2.18. The monoisotopic (exact) mass is 245 g/mol. The molecule has 0 aliphatic carbocycles. The average Bonchev–Trinajstić information content (AvgIpc) is 2.74. The Balaban J connectivity index is 2.29. The van der Waals surface area contributed by atoms with Gasteiger partial charge in [0, 0.05) is 19.0 Å². The summed E-state index contributed by atoms with van der Waals surface area (Å²) in [5.41, 5.74) is 2.39. The van der Waals surface area contributed by atoms with Crippen molar-refractivity contribution in [2.24, 2.45) is 0 Å². The molecule has 3 heteroatoms. The number of imidazole rings is 1. The van der Waals surface area contributed by atoms with Gasteiger partial charge in [-0.3, -0.25) is 0 Å². The zero-order chi connectivity index (χ0) is 13.0. The third-order valence-electron chi connectivity index (χ3n) is 3.49. The van der Waals surface area contributed by atoms with Crippen LogP contribution in [-0.4, -0.2) is 22.6 Å². The van der Waals surface area contributed by atoms with E-state index in [9.17, 15) is 0 Å². The lowest BCUT2D eigenvalue weighted by Crippen LogP contribution is -2.23.